The molecule has 0 fully saturated rings. The van der Waals surface area contributed by atoms with Gasteiger partial charge in [-0.3, -0.25) is 4.79 Å². The highest BCUT2D eigenvalue weighted by atomic mass is 79.9. The summed E-state index contributed by atoms with van der Waals surface area (Å²) in [7, 11) is 0. The van der Waals surface area contributed by atoms with Gasteiger partial charge in [-0.15, -0.1) is 0 Å². The molecule has 2 aromatic carbocycles. The van der Waals surface area contributed by atoms with Crippen LogP contribution in [0.4, 0.5) is 11.4 Å². The Morgan fingerprint density at radius 3 is 2.45 bits per heavy atom. The predicted octanol–water partition coefficient (Wildman–Crippen LogP) is 3.37. The fourth-order valence-electron chi connectivity index (χ4n) is 1.66. The third kappa shape index (κ3) is 3.59. The number of amides is 1. The Balaban J connectivity index is 1.97. The Bertz CT molecular complexity index is 664. The number of carbonyl (C=O) groups is 1. The summed E-state index contributed by atoms with van der Waals surface area (Å²) in [5, 5.41) is 14.7. The molecular formula is C15H12BrN3O. The average Bonchev–Trinajstić information content (AvgIpc) is 2.47. The van der Waals surface area contributed by atoms with Gasteiger partial charge in [0.2, 0.25) is 5.91 Å². The standard InChI is InChI=1S/C15H12BrN3O/c16-12-6-2-4-8-14(12)18-10-15(20)19-13-7-3-1-5-11(13)9-17/h1-8,18H,10H2,(H,19,20). The van der Waals surface area contributed by atoms with Gasteiger partial charge in [0.1, 0.15) is 6.07 Å². The van der Waals surface area contributed by atoms with Gasteiger partial charge < -0.3 is 10.6 Å². The minimum absolute atomic E-state index is 0.127. The second-order valence-corrected chi connectivity index (χ2v) is 4.89. The lowest BCUT2D eigenvalue weighted by molar-refractivity contribution is -0.114. The maximum Gasteiger partial charge on any atom is 0.243 e. The van der Waals surface area contributed by atoms with Crippen LogP contribution in [-0.2, 0) is 4.79 Å². The third-order valence-corrected chi connectivity index (χ3v) is 3.33. The van der Waals surface area contributed by atoms with E-state index in [9.17, 15) is 4.79 Å². The molecule has 0 saturated heterocycles. The number of nitrogens with zero attached hydrogens (tertiary/aromatic N) is 1. The van der Waals surface area contributed by atoms with E-state index < -0.39 is 0 Å². The molecule has 1 amide bonds. The highest BCUT2D eigenvalue weighted by Gasteiger charge is 2.06. The SMILES string of the molecule is N#Cc1ccccc1NC(=O)CNc1ccccc1Br. The first-order chi connectivity index (χ1) is 9.70. The van der Waals surface area contributed by atoms with Crippen LogP contribution in [0.25, 0.3) is 0 Å². The summed E-state index contributed by atoms with van der Waals surface area (Å²) < 4.78 is 0.894. The summed E-state index contributed by atoms with van der Waals surface area (Å²) in [6, 6.07) is 16.5. The fraction of sp³-hybridized carbons (Fsp3) is 0.0667. The molecule has 5 heteroatoms. The molecule has 100 valence electrons. The van der Waals surface area contributed by atoms with E-state index in [0.29, 0.717) is 11.3 Å². The lowest BCUT2D eigenvalue weighted by Gasteiger charge is -2.09. The summed E-state index contributed by atoms with van der Waals surface area (Å²) in [6.45, 7) is 0.127. The molecule has 2 aromatic rings. The quantitative estimate of drug-likeness (QED) is 0.903. The summed E-state index contributed by atoms with van der Waals surface area (Å²) in [6.07, 6.45) is 0. The zero-order valence-corrected chi connectivity index (χ0v) is 12.1. The Labute approximate surface area is 125 Å². The lowest BCUT2D eigenvalue weighted by atomic mass is 10.2. The average molecular weight is 330 g/mol. The normalized spacial score (nSPS) is 9.60. The molecule has 4 nitrogen and oxygen atoms in total. The van der Waals surface area contributed by atoms with Crippen molar-refractivity contribution in [3.8, 4) is 6.07 Å². The molecule has 20 heavy (non-hydrogen) atoms. The van der Waals surface area contributed by atoms with E-state index in [1.807, 2.05) is 30.3 Å². The Morgan fingerprint density at radius 1 is 1.10 bits per heavy atom. The van der Waals surface area contributed by atoms with Crippen molar-refractivity contribution in [2.75, 3.05) is 17.2 Å². The van der Waals surface area contributed by atoms with Crippen LogP contribution >= 0.6 is 15.9 Å². The number of nitriles is 1. The van der Waals surface area contributed by atoms with E-state index in [4.69, 9.17) is 5.26 Å². The minimum atomic E-state index is -0.205. The number of halogens is 1. The summed E-state index contributed by atoms with van der Waals surface area (Å²) in [5.74, 6) is -0.205. The number of anilines is 2. The number of nitrogens with one attached hydrogen (secondary N) is 2. The molecule has 0 saturated carbocycles. The van der Waals surface area contributed by atoms with E-state index in [1.54, 1.807) is 24.3 Å². The van der Waals surface area contributed by atoms with Gasteiger partial charge >= 0.3 is 0 Å². The van der Waals surface area contributed by atoms with Crippen LogP contribution in [0.3, 0.4) is 0 Å². The van der Waals surface area contributed by atoms with Gasteiger partial charge in [-0.05, 0) is 40.2 Å². The maximum absolute atomic E-state index is 11.9. The number of rotatable bonds is 4. The summed E-state index contributed by atoms with van der Waals surface area (Å²) >= 11 is 3.40. The zero-order valence-electron chi connectivity index (χ0n) is 10.6. The Kier molecular flexibility index (Phi) is 4.75. The van der Waals surface area contributed by atoms with Crippen molar-refractivity contribution in [2.24, 2.45) is 0 Å². The molecule has 0 aliphatic rings. The molecule has 0 bridgehead atoms. The first-order valence-electron chi connectivity index (χ1n) is 5.98. The van der Waals surface area contributed by atoms with E-state index >= 15 is 0 Å². The molecular weight excluding hydrogens is 318 g/mol. The Morgan fingerprint density at radius 2 is 1.75 bits per heavy atom. The number of carbonyl (C=O) groups excluding carboxylic acids is 1. The molecule has 0 unspecified atom stereocenters. The smallest absolute Gasteiger partial charge is 0.243 e. The van der Waals surface area contributed by atoms with E-state index in [0.717, 1.165) is 10.2 Å². The van der Waals surface area contributed by atoms with Crippen LogP contribution < -0.4 is 10.6 Å². The van der Waals surface area contributed by atoms with Gasteiger partial charge in [-0.25, -0.2) is 0 Å². The molecule has 0 aliphatic carbocycles. The zero-order chi connectivity index (χ0) is 14.4. The summed E-state index contributed by atoms with van der Waals surface area (Å²) in [4.78, 5) is 11.9. The second-order valence-electron chi connectivity index (χ2n) is 4.04. The highest BCUT2D eigenvalue weighted by molar-refractivity contribution is 9.10. The summed E-state index contributed by atoms with van der Waals surface area (Å²) in [5.41, 5.74) is 1.81. The van der Waals surface area contributed by atoms with Crippen LogP contribution in [0, 0.1) is 11.3 Å². The first-order valence-corrected chi connectivity index (χ1v) is 6.77. The Hall–Kier alpha value is -2.32. The van der Waals surface area contributed by atoms with E-state index in [2.05, 4.69) is 26.6 Å². The van der Waals surface area contributed by atoms with Gasteiger partial charge in [-0.1, -0.05) is 24.3 Å². The highest BCUT2D eigenvalue weighted by Crippen LogP contribution is 2.21. The van der Waals surface area contributed by atoms with Crippen LogP contribution in [0.2, 0.25) is 0 Å². The van der Waals surface area contributed by atoms with Gasteiger partial charge in [0.25, 0.3) is 0 Å². The predicted molar refractivity (Wildman–Crippen MR) is 82.4 cm³/mol. The molecule has 0 aliphatic heterocycles. The number of hydrogen-bond acceptors (Lipinski definition) is 3. The van der Waals surface area contributed by atoms with Crippen molar-refractivity contribution < 1.29 is 4.79 Å². The third-order valence-electron chi connectivity index (χ3n) is 2.63. The molecule has 0 spiro atoms. The molecule has 0 heterocycles. The monoisotopic (exact) mass is 329 g/mol. The first kappa shape index (κ1) is 14.1. The van der Waals surface area contributed by atoms with Crippen molar-refractivity contribution in [1.82, 2.24) is 0 Å². The largest absolute Gasteiger partial charge is 0.375 e. The van der Waals surface area contributed by atoms with Crippen molar-refractivity contribution >= 4 is 33.2 Å². The van der Waals surface area contributed by atoms with Gasteiger partial charge in [-0.2, -0.15) is 5.26 Å². The van der Waals surface area contributed by atoms with Crippen molar-refractivity contribution in [1.29, 1.82) is 5.26 Å². The lowest BCUT2D eigenvalue weighted by Crippen LogP contribution is -2.22. The number of para-hydroxylation sites is 2. The maximum atomic E-state index is 11.9. The minimum Gasteiger partial charge on any atom is -0.375 e. The number of benzene rings is 2. The van der Waals surface area contributed by atoms with Crippen LogP contribution in [0.15, 0.2) is 53.0 Å². The van der Waals surface area contributed by atoms with Crippen molar-refractivity contribution in [3.63, 3.8) is 0 Å². The van der Waals surface area contributed by atoms with E-state index in [-0.39, 0.29) is 12.5 Å². The molecule has 0 atom stereocenters. The van der Waals surface area contributed by atoms with Crippen LogP contribution in [0.5, 0.6) is 0 Å². The van der Waals surface area contributed by atoms with Crippen molar-refractivity contribution in [2.45, 2.75) is 0 Å². The van der Waals surface area contributed by atoms with E-state index in [1.165, 1.54) is 0 Å². The van der Waals surface area contributed by atoms with Crippen LogP contribution in [0.1, 0.15) is 5.56 Å². The molecule has 0 radical (unpaired) electrons. The van der Waals surface area contributed by atoms with Gasteiger partial charge in [0, 0.05) is 10.2 Å². The van der Waals surface area contributed by atoms with Crippen molar-refractivity contribution in [3.05, 3.63) is 58.6 Å². The molecule has 2 rings (SSSR count). The second kappa shape index (κ2) is 6.73. The molecule has 2 N–H and O–H groups in total. The van der Waals surface area contributed by atoms with Gasteiger partial charge in [0.05, 0.1) is 17.8 Å². The topological polar surface area (TPSA) is 64.9 Å². The molecule has 0 aromatic heterocycles. The van der Waals surface area contributed by atoms with Gasteiger partial charge in [0.15, 0.2) is 0 Å². The fourth-order valence-corrected chi connectivity index (χ4v) is 2.09. The van der Waals surface area contributed by atoms with Crippen LogP contribution in [-0.4, -0.2) is 12.5 Å². The number of hydrogen-bond donors (Lipinski definition) is 2.